The molecule has 2 fully saturated rings. The van der Waals surface area contributed by atoms with Gasteiger partial charge in [-0.1, -0.05) is 58.4 Å². The second-order valence-corrected chi connectivity index (χ2v) is 13.0. The van der Waals surface area contributed by atoms with Crippen molar-refractivity contribution >= 4 is 75.7 Å². The summed E-state index contributed by atoms with van der Waals surface area (Å²) in [6.07, 6.45) is 0. The zero-order valence-electron chi connectivity index (χ0n) is 22.8. The maximum Gasteiger partial charge on any atom is 0.338 e. The number of halogens is 2. The number of nitrogens with zero attached hydrogens (tertiary/aromatic N) is 3. The number of benzene rings is 2. The van der Waals surface area contributed by atoms with Crippen molar-refractivity contribution in [2.45, 2.75) is 29.7 Å². The summed E-state index contributed by atoms with van der Waals surface area (Å²) in [7, 11) is 0. The summed E-state index contributed by atoms with van der Waals surface area (Å²) in [4.78, 5) is 69.7. The van der Waals surface area contributed by atoms with E-state index in [1.807, 2.05) is 0 Å². The van der Waals surface area contributed by atoms with E-state index >= 15 is 0 Å². The SMILES string of the molecule is CCOC(=O)c1ccc(N2C(=O)[C@H]3[C@H](c4cccc(Cl)c4Cl)c4sc(=O)n(CC(=O)N5CCOCC5)c4S[C@H]3C2=O)cc1. The first-order valence-corrected chi connectivity index (χ1v) is 16.0. The molecule has 0 aliphatic carbocycles. The Morgan fingerprint density at radius 1 is 1.02 bits per heavy atom. The van der Waals surface area contributed by atoms with Gasteiger partial charge < -0.3 is 14.4 Å². The Kier molecular flexibility index (Phi) is 8.40. The van der Waals surface area contributed by atoms with Gasteiger partial charge in [-0.25, -0.2) is 9.69 Å². The van der Waals surface area contributed by atoms with Crippen LogP contribution in [0.2, 0.25) is 10.0 Å². The largest absolute Gasteiger partial charge is 0.462 e. The second kappa shape index (κ2) is 12.1. The van der Waals surface area contributed by atoms with E-state index in [1.165, 1.54) is 28.8 Å². The Hall–Kier alpha value is -3.16. The van der Waals surface area contributed by atoms with Crippen LogP contribution in [0.1, 0.15) is 33.6 Å². The molecule has 3 aromatic rings. The quantitative estimate of drug-likeness (QED) is 0.287. The minimum Gasteiger partial charge on any atom is -0.462 e. The smallest absolute Gasteiger partial charge is 0.338 e. The lowest BCUT2D eigenvalue weighted by molar-refractivity contribution is -0.136. The van der Waals surface area contributed by atoms with Crippen LogP contribution >= 0.6 is 46.3 Å². The van der Waals surface area contributed by atoms with Crippen LogP contribution in [0.3, 0.4) is 0 Å². The van der Waals surface area contributed by atoms with Gasteiger partial charge in [-0.15, -0.1) is 0 Å². The summed E-state index contributed by atoms with van der Waals surface area (Å²) in [5.41, 5.74) is 1.10. The van der Waals surface area contributed by atoms with Crippen LogP contribution < -0.4 is 9.77 Å². The summed E-state index contributed by atoms with van der Waals surface area (Å²) in [6.45, 7) is 3.40. The summed E-state index contributed by atoms with van der Waals surface area (Å²) in [5.74, 6) is -3.33. The van der Waals surface area contributed by atoms with E-state index in [0.717, 1.165) is 28.0 Å². The van der Waals surface area contributed by atoms with Gasteiger partial charge in [0.25, 0.3) is 0 Å². The zero-order valence-corrected chi connectivity index (χ0v) is 25.9. The van der Waals surface area contributed by atoms with Gasteiger partial charge >= 0.3 is 10.8 Å². The van der Waals surface area contributed by atoms with Gasteiger partial charge in [0.2, 0.25) is 17.7 Å². The number of imide groups is 1. The molecule has 0 saturated carbocycles. The first kappa shape index (κ1) is 29.9. The highest BCUT2D eigenvalue weighted by atomic mass is 35.5. The van der Waals surface area contributed by atoms with Crippen molar-refractivity contribution in [3.05, 3.63) is 78.2 Å². The van der Waals surface area contributed by atoms with Crippen LogP contribution in [0, 0.1) is 5.92 Å². The standard InChI is InChI=1S/C29H25Cl2N3O7S2/c1-2-41-28(38)15-6-8-16(9-7-15)34-25(36)21-20(17-4-3-5-18(30)22(17)31)24-27(42-23(21)26(34)37)33(29(39)43-24)14-19(35)32-10-12-40-13-11-32/h3-9,20-21,23H,2,10-14H2,1H3/t20-,21-,23+/m0/s1. The number of hydrogen-bond donors (Lipinski definition) is 0. The molecule has 224 valence electrons. The maximum absolute atomic E-state index is 14.1. The van der Waals surface area contributed by atoms with Crippen molar-refractivity contribution in [1.82, 2.24) is 9.47 Å². The van der Waals surface area contributed by atoms with Crippen molar-refractivity contribution in [1.29, 1.82) is 0 Å². The van der Waals surface area contributed by atoms with Crippen LogP contribution in [-0.4, -0.2) is 71.3 Å². The number of rotatable bonds is 6. The lowest BCUT2D eigenvalue weighted by atomic mass is 9.83. The highest BCUT2D eigenvalue weighted by molar-refractivity contribution is 8.00. The molecule has 43 heavy (non-hydrogen) atoms. The molecule has 0 bridgehead atoms. The highest BCUT2D eigenvalue weighted by Gasteiger charge is 2.57. The number of esters is 1. The third-order valence-electron chi connectivity index (χ3n) is 7.66. The minimum absolute atomic E-state index is 0.202. The van der Waals surface area contributed by atoms with Gasteiger partial charge in [0.15, 0.2) is 0 Å². The number of thiazole rings is 1. The van der Waals surface area contributed by atoms with E-state index in [4.69, 9.17) is 32.7 Å². The number of ether oxygens (including phenoxy) is 2. The van der Waals surface area contributed by atoms with E-state index < -0.39 is 34.9 Å². The van der Waals surface area contributed by atoms with Crippen molar-refractivity contribution in [2.75, 3.05) is 37.8 Å². The molecule has 1 aromatic heterocycles. The maximum atomic E-state index is 14.1. The van der Waals surface area contributed by atoms with Crippen LogP contribution in [0.4, 0.5) is 5.69 Å². The van der Waals surface area contributed by atoms with Crippen molar-refractivity contribution in [3.63, 3.8) is 0 Å². The predicted molar refractivity (Wildman–Crippen MR) is 162 cm³/mol. The van der Waals surface area contributed by atoms with E-state index in [-0.39, 0.29) is 39.5 Å². The average molecular weight is 663 g/mol. The number of morpholine rings is 1. The van der Waals surface area contributed by atoms with Gasteiger partial charge in [-0.3, -0.25) is 23.7 Å². The van der Waals surface area contributed by atoms with Gasteiger partial charge in [-0.05, 0) is 42.8 Å². The molecule has 0 unspecified atom stereocenters. The topological polar surface area (TPSA) is 115 Å². The molecule has 0 spiro atoms. The number of thioether (sulfide) groups is 1. The Morgan fingerprint density at radius 3 is 2.44 bits per heavy atom. The second-order valence-electron chi connectivity index (χ2n) is 10.1. The number of fused-ring (bicyclic) bond motifs is 2. The van der Waals surface area contributed by atoms with Gasteiger partial charge in [-0.2, -0.15) is 0 Å². The third-order valence-corrected chi connectivity index (χ3v) is 11.1. The fraction of sp³-hybridized carbons (Fsp3) is 0.345. The fourth-order valence-electron chi connectivity index (χ4n) is 5.61. The lowest BCUT2D eigenvalue weighted by Gasteiger charge is -2.31. The lowest BCUT2D eigenvalue weighted by Crippen LogP contribution is -2.43. The highest BCUT2D eigenvalue weighted by Crippen LogP contribution is 2.55. The van der Waals surface area contributed by atoms with E-state index in [2.05, 4.69) is 0 Å². The van der Waals surface area contributed by atoms with Gasteiger partial charge in [0.1, 0.15) is 11.8 Å². The normalized spacial score (nSPS) is 21.5. The molecule has 2 aromatic carbocycles. The number of amides is 3. The average Bonchev–Trinajstić information content (AvgIpc) is 3.45. The van der Waals surface area contributed by atoms with Gasteiger partial charge in [0.05, 0.1) is 52.1 Å². The number of hydrogen-bond acceptors (Lipinski definition) is 9. The molecule has 6 rings (SSSR count). The molecule has 2 saturated heterocycles. The Morgan fingerprint density at radius 2 is 1.74 bits per heavy atom. The molecule has 10 nitrogen and oxygen atoms in total. The first-order chi connectivity index (χ1) is 20.7. The number of aromatic nitrogens is 1. The molecular weight excluding hydrogens is 637 g/mol. The molecule has 14 heteroatoms. The fourth-order valence-corrected chi connectivity index (χ4v) is 8.80. The Balaban J connectivity index is 1.41. The summed E-state index contributed by atoms with van der Waals surface area (Å²) >= 11 is 15.1. The van der Waals surface area contributed by atoms with Crippen LogP contribution in [0.25, 0.3) is 0 Å². The predicted octanol–water partition coefficient (Wildman–Crippen LogP) is 4.05. The van der Waals surface area contributed by atoms with Crippen LogP contribution in [0.5, 0.6) is 0 Å². The molecule has 4 heterocycles. The minimum atomic E-state index is -0.900. The zero-order chi connectivity index (χ0) is 30.4. The first-order valence-electron chi connectivity index (χ1n) is 13.6. The number of anilines is 1. The van der Waals surface area contributed by atoms with Crippen LogP contribution in [0.15, 0.2) is 52.3 Å². The molecule has 3 amide bonds. The molecular formula is C29H25Cl2N3O7S2. The Bertz CT molecular complexity index is 1680. The van der Waals surface area contributed by atoms with Crippen molar-refractivity contribution < 1.29 is 28.7 Å². The number of carbonyl (C=O) groups is 4. The number of carbonyl (C=O) groups excluding carboxylic acids is 4. The van der Waals surface area contributed by atoms with E-state index in [0.29, 0.717) is 47.5 Å². The molecule has 0 N–H and O–H groups in total. The summed E-state index contributed by atoms with van der Waals surface area (Å²) in [6, 6.07) is 11.1. The summed E-state index contributed by atoms with van der Waals surface area (Å²) in [5, 5.41) is 0.0519. The molecule has 3 aliphatic heterocycles. The Labute approximate surface area is 264 Å². The molecule has 0 radical (unpaired) electrons. The van der Waals surface area contributed by atoms with Crippen molar-refractivity contribution in [2.24, 2.45) is 5.92 Å². The monoisotopic (exact) mass is 661 g/mol. The van der Waals surface area contributed by atoms with Crippen molar-refractivity contribution in [3.8, 4) is 0 Å². The third kappa shape index (κ3) is 5.29. The molecule has 3 atom stereocenters. The van der Waals surface area contributed by atoms with E-state index in [9.17, 15) is 24.0 Å². The summed E-state index contributed by atoms with van der Waals surface area (Å²) < 4.78 is 11.8. The van der Waals surface area contributed by atoms with Gasteiger partial charge in [0, 0.05) is 23.9 Å². The molecule has 3 aliphatic rings. The van der Waals surface area contributed by atoms with E-state index in [1.54, 1.807) is 30.0 Å². The van der Waals surface area contributed by atoms with Crippen LogP contribution in [-0.2, 0) is 30.4 Å².